The zero-order chi connectivity index (χ0) is 29.0. The van der Waals surface area contributed by atoms with Gasteiger partial charge < -0.3 is 14.2 Å². The lowest BCUT2D eigenvalue weighted by atomic mass is 9.68. The maximum absolute atomic E-state index is 7.99. The Morgan fingerprint density at radius 3 is 1.23 bits per heavy atom. The van der Waals surface area contributed by atoms with Crippen LogP contribution in [0.2, 0.25) is 0 Å². The fourth-order valence-corrected chi connectivity index (χ4v) is 7.44. The van der Waals surface area contributed by atoms with Crippen LogP contribution in [0.25, 0.3) is 10.8 Å². The summed E-state index contributed by atoms with van der Waals surface area (Å²) in [5.74, 6) is 1.62. The maximum Gasteiger partial charge on any atom is 0.146 e. The molecular weight excluding hydrogens is 528 g/mol. The van der Waals surface area contributed by atoms with Crippen LogP contribution < -0.4 is 9.47 Å². The van der Waals surface area contributed by atoms with Gasteiger partial charge in [0, 0.05) is 11.1 Å². The number of rotatable bonds is 6. The molecule has 0 bridgehead atoms. The molecule has 0 radical (unpaired) electrons. The summed E-state index contributed by atoms with van der Waals surface area (Å²) in [6, 6.07) is 47.4. The Balaban J connectivity index is 1.58. The highest BCUT2D eigenvalue weighted by molar-refractivity contribution is 5.99. The van der Waals surface area contributed by atoms with E-state index >= 15 is 0 Å². The molecule has 0 amide bonds. The summed E-state index contributed by atoms with van der Waals surface area (Å²) < 4.78 is 19.2. The molecule has 6 aromatic rings. The van der Waals surface area contributed by atoms with Gasteiger partial charge in [-0.25, -0.2) is 0 Å². The number of hydrogen-bond acceptors (Lipinski definition) is 3. The molecule has 0 spiro atoms. The fourth-order valence-electron chi connectivity index (χ4n) is 7.44. The first-order valence-corrected chi connectivity index (χ1v) is 14.9. The van der Waals surface area contributed by atoms with Crippen LogP contribution in [0.5, 0.6) is 11.5 Å². The van der Waals surface area contributed by atoms with Gasteiger partial charge in [0.15, 0.2) is 0 Å². The first-order valence-electron chi connectivity index (χ1n) is 14.9. The van der Waals surface area contributed by atoms with Gasteiger partial charge in [0.05, 0.1) is 14.2 Å². The lowest BCUT2D eigenvalue weighted by Gasteiger charge is -2.50. The summed E-state index contributed by atoms with van der Waals surface area (Å²) in [5, 5.41) is 2.67. The van der Waals surface area contributed by atoms with E-state index in [1.165, 1.54) is 27.5 Å². The predicted molar refractivity (Wildman–Crippen MR) is 171 cm³/mol. The third-order valence-electron chi connectivity index (χ3n) is 9.42. The largest absolute Gasteiger partial charge is 0.497 e. The van der Waals surface area contributed by atoms with Crippen molar-refractivity contribution in [2.75, 3.05) is 14.2 Å². The Morgan fingerprint density at radius 1 is 0.442 bits per heavy atom. The Hall–Kier alpha value is -4.86. The van der Waals surface area contributed by atoms with Crippen molar-refractivity contribution in [2.24, 2.45) is 0 Å². The number of aryl methyl sites for hydroxylation is 2. The van der Waals surface area contributed by atoms with E-state index in [4.69, 9.17) is 14.2 Å². The standard InChI is InChI=1S/C40H32O3/c1-41-33-21-17-31(18-22-33)40(32-19-23-34(42-2)24-20-32)36-26-16-28-14-13-27-15-25-35(38(36)37(27)28)39(43-40,29-9-5-3-6-10-29)30-11-7-4-8-12-30/h3-12,15-26H,13-14H2,1-2H3. The monoisotopic (exact) mass is 560 g/mol. The van der Waals surface area contributed by atoms with Crippen LogP contribution in [0.3, 0.4) is 0 Å². The van der Waals surface area contributed by atoms with Crippen LogP contribution in [-0.4, -0.2) is 14.2 Å². The van der Waals surface area contributed by atoms with Crippen LogP contribution in [0.15, 0.2) is 133 Å². The smallest absolute Gasteiger partial charge is 0.146 e. The van der Waals surface area contributed by atoms with Gasteiger partial charge in [-0.1, -0.05) is 109 Å². The maximum atomic E-state index is 7.99. The van der Waals surface area contributed by atoms with E-state index < -0.39 is 11.2 Å². The third kappa shape index (κ3) is 3.65. The highest BCUT2D eigenvalue weighted by atomic mass is 16.5. The van der Waals surface area contributed by atoms with Crippen molar-refractivity contribution in [1.82, 2.24) is 0 Å². The van der Waals surface area contributed by atoms with Gasteiger partial charge in [0.25, 0.3) is 0 Å². The zero-order valence-electron chi connectivity index (χ0n) is 24.3. The van der Waals surface area contributed by atoms with Crippen molar-refractivity contribution in [3.8, 4) is 11.5 Å². The molecule has 0 atom stereocenters. The number of methoxy groups -OCH3 is 2. The van der Waals surface area contributed by atoms with Gasteiger partial charge in [-0.3, -0.25) is 0 Å². The summed E-state index contributed by atoms with van der Waals surface area (Å²) >= 11 is 0. The molecular formula is C40H32O3. The van der Waals surface area contributed by atoms with E-state index in [1.54, 1.807) is 14.2 Å². The van der Waals surface area contributed by atoms with E-state index in [0.29, 0.717) is 0 Å². The molecule has 3 heteroatoms. The second-order valence-electron chi connectivity index (χ2n) is 11.4. The minimum absolute atomic E-state index is 0.808. The first kappa shape index (κ1) is 25.8. The Kier molecular flexibility index (Phi) is 5.92. The second kappa shape index (κ2) is 9.86. The average Bonchev–Trinajstić information content (AvgIpc) is 3.52. The van der Waals surface area contributed by atoms with Crippen LogP contribution in [0, 0.1) is 0 Å². The highest BCUT2D eigenvalue weighted by Crippen LogP contribution is 2.59. The van der Waals surface area contributed by atoms with Gasteiger partial charge in [-0.15, -0.1) is 0 Å². The van der Waals surface area contributed by atoms with Crippen molar-refractivity contribution in [3.63, 3.8) is 0 Å². The summed E-state index contributed by atoms with van der Waals surface area (Å²) in [6.07, 6.45) is 2.11. The van der Waals surface area contributed by atoms with E-state index in [0.717, 1.165) is 52.2 Å². The van der Waals surface area contributed by atoms with Gasteiger partial charge in [0.2, 0.25) is 0 Å². The molecule has 1 aliphatic carbocycles. The first-order chi connectivity index (χ1) is 21.2. The van der Waals surface area contributed by atoms with E-state index in [9.17, 15) is 0 Å². The average molecular weight is 561 g/mol. The summed E-state index contributed by atoms with van der Waals surface area (Å²) in [5.41, 5.74) is 7.58. The fraction of sp³-hybridized carbons (Fsp3) is 0.150. The Bertz CT molecular complexity index is 1850. The topological polar surface area (TPSA) is 27.7 Å². The molecule has 210 valence electrons. The van der Waals surface area contributed by atoms with Crippen molar-refractivity contribution in [3.05, 3.63) is 178 Å². The van der Waals surface area contributed by atoms with Gasteiger partial charge >= 0.3 is 0 Å². The van der Waals surface area contributed by atoms with Gasteiger partial charge in [-0.05, 0) is 81.3 Å². The van der Waals surface area contributed by atoms with E-state index in [2.05, 4.69) is 109 Å². The van der Waals surface area contributed by atoms with Crippen LogP contribution >= 0.6 is 0 Å². The molecule has 1 heterocycles. The SMILES string of the molecule is COc1ccc(C2(c3ccc(OC)cc3)OC(c3ccccc3)(c3ccccc3)c3ccc4c5c(ccc2c35)CC4)cc1. The highest BCUT2D eigenvalue weighted by Gasteiger charge is 2.54. The van der Waals surface area contributed by atoms with Crippen molar-refractivity contribution in [1.29, 1.82) is 0 Å². The summed E-state index contributed by atoms with van der Waals surface area (Å²) in [6.45, 7) is 0. The molecule has 43 heavy (non-hydrogen) atoms. The summed E-state index contributed by atoms with van der Waals surface area (Å²) in [4.78, 5) is 0. The second-order valence-corrected chi connectivity index (χ2v) is 11.4. The molecule has 3 nitrogen and oxygen atoms in total. The molecule has 1 aliphatic heterocycles. The molecule has 0 N–H and O–H groups in total. The molecule has 0 aromatic heterocycles. The lowest BCUT2D eigenvalue weighted by Crippen LogP contribution is -2.47. The van der Waals surface area contributed by atoms with Gasteiger partial charge in [0.1, 0.15) is 22.7 Å². The lowest BCUT2D eigenvalue weighted by molar-refractivity contribution is -0.0849. The quantitative estimate of drug-likeness (QED) is 0.204. The molecule has 6 aromatic carbocycles. The molecule has 0 fully saturated rings. The van der Waals surface area contributed by atoms with Crippen LogP contribution in [-0.2, 0) is 28.8 Å². The zero-order valence-corrected chi connectivity index (χ0v) is 24.3. The Morgan fingerprint density at radius 2 is 0.837 bits per heavy atom. The Labute approximate surface area is 252 Å². The summed E-state index contributed by atoms with van der Waals surface area (Å²) in [7, 11) is 3.41. The predicted octanol–water partition coefficient (Wildman–Crippen LogP) is 8.57. The minimum Gasteiger partial charge on any atom is -0.497 e. The van der Waals surface area contributed by atoms with Crippen molar-refractivity contribution >= 4 is 10.8 Å². The number of hydrogen-bond donors (Lipinski definition) is 0. The number of benzene rings is 6. The normalized spacial score (nSPS) is 15.8. The molecule has 0 saturated carbocycles. The van der Waals surface area contributed by atoms with Crippen LogP contribution in [0.1, 0.15) is 44.5 Å². The molecule has 2 aliphatic rings. The van der Waals surface area contributed by atoms with Crippen molar-refractivity contribution < 1.29 is 14.2 Å². The van der Waals surface area contributed by atoms with Gasteiger partial charge in [-0.2, -0.15) is 0 Å². The van der Waals surface area contributed by atoms with E-state index in [-0.39, 0.29) is 0 Å². The minimum atomic E-state index is -0.947. The van der Waals surface area contributed by atoms with E-state index in [1.807, 2.05) is 24.3 Å². The van der Waals surface area contributed by atoms with Crippen LogP contribution in [0.4, 0.5) is 0 Å². The van der Waals surface area contributed by atoms with Crippen molar-refractivity contribution in [2.45, 2.75) is 24.0 Å². The molecule has 0 saturated heterocycles. The number of ether oxygens (including phenoxy) is 3. The molecule has 8 rings (SSSR count). The molecule has 0 unspecified atom stereocenters. The third-order valence-corrected chi connectivity index (χ3v) is 9.42.